The zero-order chi connectivity index (χ0) is 17.3. The molecule has 25 heavy (non-hydrogen) atoms. The molecule has 2 aliphatic heterocycles. The smallest absolute Gasteiger partial charge is 0.223 e. The minimum Gasteiger partial charge on any atom is -0.465 e. The Balaban J connectivity index is 1.36. The van der Waals surface area contributed by atoms with Gasteiger partial charge in [0.15, 0.2) is 5.82 Å². The molecule has 6 nitrogen and oxygen atoms in total. The van der Waals surface area contributed by atoms with Gasteiger partial charge >= 0.3 is 0 Å². The van der Waals surface area contributed by atoms with Crippen LogP contribution in [0.1, 0.15) is 30.8 Å². The van der Waals surface area contributed by atoms with Gasteiger partial charge in [-0.2, -0.15) is 0 Å². The summed E-state index contributed by atoms with van der Waals surface area (Å²) in [4.78, 5) is 10.3. The van der Waals surface area contributed by atoms with E-state index in [1.165, 1.54) is 12.4 Å². The van der Waals surface area contributed by atoms with E-state index in [1.807, 2.05) is 19.1 Å². The quantitative estimate of drug-likeness (QED) is 0.918. The molecule has 1 spiro atoms. The lowest BCUT2D eigenvalue weighted by atomic mass is 9.88. The van der Waals surface area contributed by atoms with E-state index in [0.29, 0.717) is 12.6 Å². The highest BCUT2D eigenvalue weighted by molar-refractivity contribution is 5.26. The second kappa shape index (κ2) is 6.72. The zero-order valence-electron chi connectivity index (χ0n) is 14.4. The fourth-order valence-corrected chi connectivity index (χ4v) is 3.91. The van der Waals surface area contributed by atoms with Crippen LogP contribution in [-0.2, 0) is 11.3 Å². The fraction of sp³-hybridized carbons (Fsp3) is 0.556. The number of ether oxygens (including phenoxy) is 1. The molecular formula is C18H23FN4O2. The second-order valence-corrected chi connectivity index (χ2v) is 7.09. The topological polar surface area (TPSA) is 63.4 Å². The molecule has 2 aromatic heterocycles. The third kappa shape index (κ3) is 3.82. The summed E-state index contributed by atoms with van der Waals surface area (Å²) < 4.78 is 24.8. The van der Waals surface area contributed by atoms with E-state index in [1.54, 1.807) is 0 Å². The Morgan fingerprint density at radius 3 is 2.96 bits per heavy atom. The third-order valence-corrected chi connectivity index (χ3v) is 4.96. The van der Waals surface area contributed by atoms with Gasteiger partial charge in [-0.25, -0.2) is 14.4 Å². The maximum Gasteiger partial charge on any atom is 0.223 e. The summed E-state index contributed by atoms with van der Waals surface area (Å²) in [6.45, 7) is 5.36. The molecule has 2 atom stereocenters. The highest BCUT2D eigenvalue weighted by Crippen LogP contribution is 2.36. The number of aromatic nitrogens is 2. The minimum absolute atomic E-state index is 0.127. The van der Waals surface area contributed by atoms with Gasteiger partial charge in [0.1, 0.15) is 11.5 Å². The molecule has 0 amide bonds. The molecule has 7 heteroatoms. The lowest BCUT2D eigenvalue weighted by molar-refractivity contribution is -0.0544. The highest BCUT2D eigenvalue weighted by atomic mass is 19.1. The van der Waals surface area contributed by atoms with E-state index >= 15 is 0 Å². The Labute approximate surface area is 146 Å². The standard InChI is InChI=1S/C18H23FN4O2/c1-13-3-4-16(25-13)10-23-6-2-5-18(12-23)7-15(11-24-18)22-17-20-8-14(19)9-21-17/h3-4,8-9,15H,2,5-7,10-12H2,1H3,(H,20,21,22)/t15-,18+/m1/s1. The van der Waals surface area contributed by atoms with Crippen molar-refractivity contribution in [1.29, 1.82) is 0 Å². The number of nitrogens with zero attached hydrogens (tertiary/aromatic N) is 3. The molecule has 134 valence electrons. The monoisotopic (exact) mass is 346 g/mol. The van der Waals surface area contributed by atoms with E-state index < -0.39 is 5.82 Å². The van der Waals surface area contributed by atoms with Gasteiger partial charge in [0, 0.05) is 13.0 Å². The average Bonchev–Trinajstić information content (AvgIpc) is 3.16. The molecule has 1 N–H and O–H groups in total. The van der Waals surface area contributed by atoms with Crippen molar-refractivity contribution >= 4 is 5.95 Å². The van der Waals surface area contributed by atoms with Gasteiger partial charge in [0.2, 0.25) is 5.95 Å². The van der Waals surface area contributed by atoms with Crippen molar-refractivity contribution in [3.05, 3.63) is 41.9 Å². The van der Waals surface area contributed by atoms with Crippen LogP contribution in [-0.4, -0.2) is 46.2 Å². The van der Waals surface area contributed by atoms with Crippen LogP contribution in [0.3, 0.4) is 0 Å². The normalized spacial score (nSPS) is 27.0. The van der Waals surface area contributed by atoms with Gasteiger partial charge in [-0.15, -0.1) is 0 Å². The molecule has 0 unspecified atom stereocenters. The molecule has 4 rings (SSSR count). The molecule has 2 aliphatic rings. The van der Waals surface area contributed by atoms with Crippen LogP contribution in [0.2, 0.25) is 0 Å². The summed E-state index contributed by atoms with van der Waals surface area (Å²) in [7, 11) is 0. The van der Waals surface area contributed by atoms with E-state index in [9.17, 15) is 4.39 Å². The Bertz CT molecular complexity index is 720. The zero-order valence-corrected chi connectivity index (χ0v) is 14.4. The predicted octanol–water partition coefficient (Wildman–Crippen LogP) is 2.75. The molecular weight excluding hydrogens is 323 g/mol. The van der Waals surface area contributed by atoms with Gasteiger partial charge in [-0.05, 0) is 38.4 Å². The van der Waals surface area contributed by atoms with Crippen LogP contribution in [0.25, 0.3) is 0 Å². The van der Waals surface area contributed by atoms with Crippen molar-refractivity contribution in [3.63, 3.8) is 0 Å². The minimum atomic E-state index is -0.430. The SMILES string of the molecule is Cc1ccc(CN2CCC[C@]3(C[C@@H](Nc4ncc(F)cn4)CO3)C2)o1. The summed E-state index contributed by atoms with van der Waals surface area (Å²) in [5.41, 5.74) is -0.127. The van der Waals surface area contributed by atoms with Crippen LogP contribution < -0.4 is 5.32 Å². The number of rotatable bonds is 4. The Morgan fingerprint density at radius 2 is 2.20 bits per heavy atom. The molecule has 0 saturated carbocycles. The van der Waals surface area contributed by atoms with Gasteiger partial charge in [0.25, 0.3) is 0 Å². The first-order valence-electron chi connectivity index (χ1n) is 8.76. The lowest BCUT2D eigenvalue weighted by Gasteiger charge is -2.39. The summed E-state index contributed by atoms with van der Waals surface area (Å²) in [6.07, 6.45) is 5.42. The highest BCUT2D eigenvalue weighted by Gasteiger charge is 2.43. The predicted molar refractivity (Wildman–Crippen MR) is 90.7 cm³/mol. The first kappa shape index (κ1) is 16.5. The van der Waals surface area contributed by atoms with E-state index in [4.69, 9.17) is 9.15 Å². The molecule has 0 aromatic carbocycles. The summed E-state index contributed by atoms with van der Waals surface area (Å²) in [6, 6.07) is 4.20. The van der Waals surface area contributed by atoms with Gasteiger partial charge in [-0.1, -0.05) is 0 Å². The number of hydrogen-bond donors (Lipinski definition) is 1. The number of piperidine rings is 1. The average molecular weight is 346 g/mol. The molecule has 2 aromatic rings. The number of likely N-dealkylation sites (tertiary alicyclic amines) is 1. The number of hydrogen-bond acceptors (Lipinski definition) is 6. The van der Waals surface area contributed by atoms with Crippen molar-refractivity contribution in [2.24, 2.45) is 0 Å². The Hall–Kier alpha value is -1.99. The first-order chi connectivity index (χ1) is 12.1. The van der Waals surface area contributed by atoms with E-state index in [2.05, 4.69) is 20.2 Å². The van der Waals surface area contributed by atoms with Crippen molar-refractivity contribution in [3.8, 4) is 0 Å². The summed E-state index contributed by atoms with van der Waals surface area (Å²) >= 11 is 0. The van der Waals surface area contributed by atoms with Gasteiger partial charge < -0.3 is 14.5 Å². The number of aryl methyl sites for hydroxylation is 1. The maximum absolute atomic E-state index is 12.9. The lowest BCUT2D eigenvalue weighted by Crippen LogP contribution is -2.47. The Kier molecular flexibility index (Phi) is 4.43. The summed E-state index contributed by atoms with van der Waals surface area (Å²) in [5, 5.41) is 3.26. The maximum atomic E-state index is 12.9. The number of halogens is 1. The van der Waals surface area contributed by atoms with Crippen LogP contribution in [0.5, 0.6) is 0 Å². The van der Waals surface area contributed by atoms with Crippen molar-refractivity contribution in [1.82, 2.24) is 14.9 Å². The molecule has 2 fully saturated rings. The largest absolute Gasteiger partial charge is 0.465 e. The van der Waals surface area contributed by atoms with Gasteiger partial charge in [0.05, 0.1) is 37.2 Å². The van der Waals surface area contributed by atoms with Crippen molar-refractivity contribution in [2.75, 3.05) is 25.0 Å². The van der Waals surface area contributed by atoms with Crippen molar-refractivity contribution < 1.29 is 13.5 Å². The van der Waals surface area contributed by atoms with E-state index in [-0.39, 0.29) is 11.6 Å². The Morgan fingerprint density at radius 1 is 1.36 bits per heavy atom. The van der Waals surface area contributed by atoms with Crippen LogP contribution in [0.4, 0.5) is 10.3 Å². The van der Waals surface area contributed by atoms with Gasteiger partial charge in [-0.3, -0.25) is 4.90 Å². The van der Waals surface area contributed by atoms with E-state index in [0.717, 1.165) is 50.4 Å². The molecule has 0 bridgehead atoms. The van der Waals surface area contributed by atoms with Crippen LogP contribution in [0.15, 0.2) is 28.9 Å². The second-order valence-electron chi connectivity index (χ2n) is 7.09. The molecule has 2 saturated heterocycles. The number of anilines is 1. The molecule has 0 radical (unpaired) electrons. The number of nitrogens with one attached hydrogen (secondary N) is 1. The first-order valence-corrected chi connectivity index (χ1v) is 8.76. The fourth-order valence-electron chi connectivity index (χ4n) is 3.91. The summed E-state index contributed by atoms with van der Waals surface area (Å²) in [5.74, 6) is 1.97. The number of furan rings is 1. The molecule has 4 heterocycles. The molecule has 0 aliphatic carbocycles. The third-order valence-electron chi connectivity index (χ3n) is 4.96. The van der Waals surface area contributed by atoms with Crippen LogP contribution >= 0.6 is 0 Å². The van der Waals surface area contributed by atoms with Crippen LogP contribution in [0, 0.1) is 12.7 Å². The van der Waals surface area contributed by atoms with Crippen molar-refractivity contribution in [2.45, 2.75) is 44.4 Å².